The number of carbonyl (C=O) groups is 2. The fourth-order valence-corrected chi connectivity index (χ4v) is 3.05. The van der Waals surface area contributed by atoms with Crippen LogP contribution >= 0.6 is 11.8 Å². The summed E-state index contributed by atoms with van der Waals surface area (Å²) in [4.78, 5) is 23.9. The molecule has 0 spiro atoms. The number of hydrogen-bond acceptors (Lipinski definition) is 6. The zero-order valence-electron chi connectivity index (χ0n) is 15.5. The van der Waals surface area contributed by atoms with Crippen molar-refractivity contribution in [1.82, 2.24) is 20.1 Å². The Hall–Kier alpha value is -2.35. The van der Waals surface area contributed by atoms with E-state index < -0.39 is 0 Å². The minimum Gasteiger partial charge on any atom is -0.466 e. The summed E-state index contributed by atoms with van der Waals surface area (Å²) in [5, 5.41) is 11.3. The maximum Gasteiger partial charge on any atom is 0.313 e. The molecule has 1 heterocycles. The molecule has 26 heavy (non-hydrogen) atoms. The molecule has 1 amide bonds. The van der Waals surface area contributed by atoms with E-state index in [1.54, 1.807) is 18.5 Å². The maximum atomic E-state index is 12.3. The summed E-state index contributed by atoms with van der Waals surface area (Å²) in [6, 6.07) is 8.03. The van der Waals surface area contributed by atoms with Crippen LogP contribution in [0.3, 0.4) is 0 Å². The second-order valence-electron chi connectivity index (χ2n) is 5.90. The third kappa shape index (κ3) is 5.59. The SMILES string of the molecule is CCOC(=O)Cc1nnc(S[C@H](C)C(=O)NCc2ccc(C)cc2)n1C. The van der Waals surface area contributed by atoms with Crippen molar-refractivity contribution in [2.75, 3.05) is 6.61 Å². The van der Waals surface area contributed by atoms with E-state index >= 15 is 0 Å². The van der Waals surface area contributed by atoms with E-state index in [1.807, 2.05) is 38.1 Å². The fraction of sp³-hybridized carbons (Fsp3) is 0.444. The normalized spacial score (nSPS) is 11.8. The lowest BCUT2D eigenvalue weighted by molar-refractivity contribution is -0.142. The lowest BCUT2D eigenvalue weighted by atomic mass is 10.1. The number of ether oxygens (including phenoxy) is 1. The van der Waals surface area contributed by atoms with Gasteiger partial charge in [-0.2, -0.15) is 0 Å². The number of aryl methyl sites for hydroxylation is 1. The Kier molecular flexibility index (Phi) is 7.20. The van der Waals surface area contributed by atoms with Crippen LogP contribution in [0.15, 0.2) is 29.4 Å². The van der Waals surface area contributed by atoms with Gasteiger partial charge >= 0.3 is 5.97 Å². The standard InChI is InChI=1S/C18H24N4O3S/c1-5-25-16(23)10-15-20-21-18(22(15)4)26-13(3)17(24)19-11-14-8-6-12(2)7-9-14/h6-9,13H,5,10-11H2,1-4H3,(H,19,24)/t13-/m1/s1. The van der Waals surface area contributed by atoms with Crippen LogP contribution in [-0.4, -0.2) is 38.5 Å². The van der Waals surface area contributed by atoms with Crippen LogP contribution in [0.5, 0.6) is 0 Å². The zero-order chi connectivity index (χ0) is 19.1. The number of thioether (sulfide) groups is 1. The molecule has 0 aliphatic carbocycles. The number of esters is 1. The molecule has 2 rings (SSSR count). The van der Waals surface area contributed by atoms with Gasteiger partial charge in [-0.15, -0.1) is 10.2 Å². The van der Waals surface area contributed by atoms with Crippen molar-refractivity contribution >= 4 is 23.6 Å². The largest absolute Gasteiger partial charge is 0.466 e. The highest BCUT2D eigenvalue weighted by Gasteiger charge is 2.19. The minimum atomic E-state index is -0.344. The molecule has 0 aliphatic rings. The number of nitrogens with one attached hydrogen (secondary N) is 1. The van der Waals surface area contributed by atoms with Crippen molar-refractivity contribution in [2.24, 2.45) is 7.05 Å². The molecule has 1 atom stereocenters. The smallest absolute Gasteiger partial charge is 0.313 e. The molecular weight excluding hydrogens is 352 g/mol. The Morgan fingerprint density at radius 2 is 1.96 bits per heavy atom. The van der Waals surface area contributed by atoms with Gasteiger partial charge in [0.25, 0.3) is 0 Å². The van der Waals surface area contributed by atoms with Crippen LogP contribution in [0.1, 0.15) is 30.8 Å². The number of rotatable bonds is 8. The van der Waals surface area contributed by atoms with Crippen LogP contribution in [0, 0.1) is 6.92 Å². The van der Waals surface area contributed by atoms with Crippen molar-refractivity contribution < 1.29 is 14.3 Å². The van der Waals surface area contributed by atoms with Gasteiger partial charge in [0.15, 0.2) is 5.16 Å². The van der Waals surface area contributed by atoms with Crippen LogP contribution in [0.2, 0.25) is 0 Å². The van der Waals surface area contributed by atoms with E-state index in [4.69, 9.17) is 4.74 Å². The number of nitrogens with zero attached hydrogens (tertiary/aromatic N) is 3. The molecule has 0 fully saturated rings. The summed E-state index contributed by atoms with van der Waals surface area (Å²) in [6.45, 7) is 6.41. The summed E-state index contributed by atoms with van der Waals surface area (Å²) >= 11 is 1.30. The number of carbonyl (C=O) groups excluding carboxylic acids is 2. The van der Waals surface area contributed by atoms with Gasteiger partial charge < -0.3 is 14.6 Å². The van der Waals surface area contributed by atoms with Crippen molar-refractivity contribution in [2.45, 2.75) is 44.1 Å². The van der Waals surface area contributed by atoms with Gasteiger partial charge in [0, 0.05) is 13.6 Å². The quantitative estimate of drug-likeness (QED) is 0.560. The van der Waals surface area contributed by atoms with Crippen LogP contribution in [0.4, 0.5) is 0 Å². The van der Waals surface area contributed by atoms with Gasteiger partial charge in [0.2, 0.25) is 5.91 Å². The topological polar surface area (TPSA) is 86.1 Å². The van der Waals surface area contributed by atoms with Gasteiger partial charge in [0.05, 0.1) is 11.9 Å². The molecule has 0 aliphatic heterocycles. The van der Waals surface area contributed by atoms with Gasteiger partial charge in [-0.25, -0.2) is 0 Å². The van der Waals surface area contributed by atoms with E-state index in [1.165, 1.54) is 17.3 Å². The van der Waals surface area contributed by atoms with Crippen LogP contribution in [0.25, 0.3) is 0 Å². The van der Waals surface area contributed by atoms with Gasteiger partial charge in [-0.05, 0) is 26.3 Å². The van der Waals surface area contributed by atoms with Crippen molar-refractivity contribution in [3.8, 4) is 0 Å². The molecule has 0 radical (unpaired) electrons. The molecule has 2 aromatic rings. The molecular formula is C18H24N4O3S. The second-order valence-corrected chi connectivity index (χ2v) is 7.21. The lowest BCUT2D eigenvalue weighted by Gasteiger charge is -2.12. The van der Waals surface area contributed by atoms with Crippen LogP contribution in [-0.2, 0) is 34.3 Å². The zero-order valence-corrected chi connectivity index (χ0v) is 16.3. The predicted octanol–water partition coefficient (Wildman–Crippen LogP) is 2.03. The summed E-state index contributed by atoms with van der Waals surface area (Å²) in [7, 11) is 1.77. The Morgan fingerprint density at radius 3 is 2.62 bits per heavy atom. The number of amides is 1. The van der Waals surface area contributed by atoms with E-state index in [-0.39, 0.29) is 23.5 Å². The van der Waals surface area contributed by atoms with Gasteiger partial charge in [-0.1, -0.05) is 41.6 Å². The molecule has 1 aromatic heterocycles. The van der Waals surface area contributed by atoms with E-state index in [9.17, 15) is 9.59 Å². The molecule has 0 unspecified atom stereocenters. The third-order valence-electron chi connectivity index (χ3n) is 3.77. The Bertz CT molecular complexity index is 758. The maximum absolute atomic E-state index is 12.3. The molecule has 1 N–H and O–H groups in total. The average molecular weight is 376 g/mol. The first-order valence-corrected chi connectivity index (χ1v) is 9.32. The minimum absolute atomic E-state index is 0.0614. The number of hydrogen-bond donors (Lipinski definition) is 1. The lowest BCUT2D eigenvalue weighted by Crippen LogP contribution is -2.30. The number of aromatic nitrogens is 3. The molecule has 0 bridgehead atoms. The highest BCUT2D eigenvalue weighted by atomic mass is 32.2. The molecule has 1 aromatic carbocycles. The molecule has 7 nitrogen and oxygen atoms in total. The summed E-state index contributed by atoms with van der Waals surface area (Å²) in [5.74, 6) is 0.0900. The predicted molar refractivity (Wildman–Crippen MR) is 99.7 cm³/mol. The first-order valence-electron chi connectivity index (χ1n) is 8.44. The first kappa shape index (κ1) is 20.0. The van der Waals surface area contributed by atoms with Crippen LogP contribution < -0.4 is 5.32 Å². The fourth-order valence-electron chi connectivity index (χ4n) is 2.19. The van der Waals surface area contributed by atoms with Crippen molar-refractivity contribution in [3.05, 3.63) is 41.2 Å². The Labute approximate surface area is 157 Å². The van der Waals surface area contributed by atoms with E-state index in [0.29, 0.717) is 24.1 Å². The van der Waals surface area contributed by atoms with Gasteiger partial charge in [0.1, 0.15) is 12.2 Å². The summed E-state index contributed by atoms with van der Waals surface area (Å²) in [6.07, 6.45) is 0.0614. The summed E-state index contributed by atoms with van der Waals surface area (Å²) < 4.78 is 6.63. The Morgan fingerprint density at radius 1 is 1.27 bits per heavy atom. The third-order valence-corrected chi connectivity index (χ3v) is 4.91. The molecule has 8 heteroatoms. The number of benzene rings is 1. The van der Waals surface area contributed by atoms with Crippen molar-refractivity contribution in [1.29, 1.82) is 0 Å². The van der Waals surface area contributed by atoms with E-state index in [0.717, 1.165) is 5.56 Å². The second kappa shape index (κ2) is 9.38. The van der Waals surface area contributed by atoms with Gasteiger partial charge in [-0.3, -0.25) is 9.59 Å². The van der Waals surface area contributed by atoms with Crippen molar-refractivity contribution in [3.63, 3.8) is 0 Å². The van der Waals surface area contributed by atoms with E-state index in [2.05, 4.69) is 15.5 Å². The first-order chi connectivity index (χ1) is 12.4. The Balaban J connectivity index is 1.89. The highest BCUT2D eigenvalue weighted by molar-refractivity contribution is 8.00. The monoisotopic (exact) mass is 376 g/mol. The molecule has 140 valence electrons. The summed E-state index contributed by atoms with van der Waals surface area (Å²) in [5.41, 5.74) is 2.24. The highest BCUT2D eigenvalue weighted by Crippen LogP contribution is 2.21. The molecule has 0 saturated carbocycles. The molecule has 0 saturated heterocycles. The average Bonchev–Trinajstić information content (AvgIpc) is 2.94.